The molecule has 0 unspecified atom stereocenters. The molecule has 2 N–H and O–H groups in total. The highest BCUT2D eigenvalue weighted by Crippen LogP contribution is 2.26. The molecule has 1 aromatic carbocycles. The summed E-state index contributed by atoms with van der Waals surface area (Å²) < 4.78 is 6.37. The zero-order chi connectivity index (χ0) is 16.8. The zero-order valence-corrected chi connectivity index (χ0v) is 14.0. The molecule has 0 saturated carbocycles. The van der Waals surface area contributed by atoms with Gasteiger partial charge in [-0.15, -0.1) is 11.8 Å². The smallest absolute Gasteiger partial charge is 0.357 e. The van der Waals surface area contributed by atoms with Crippen LogP contribution in [0.5, 0.6) is 0 Å². The Bertz CT molecular complexity index is 730. The second-order valence-corrected chi connectivity index (χ2v) is 6.14. The molecule has 0 fully saturated rings. The molecule has 2 rings (SSSR count). The number of nitriles is 1. The third-order valence-electron chi connectivity index (χ3n) is 3.43. The number of carbonyl (C=O) groups is 1. The molecule has 2 aromatic rings. The minimum atomic E-state index is -0.564. The predicted molar refractivity (Wildman–Crippen MR) is 91.9 cm³/mol. The van der Waals surface area contributed by atoms with E-state index in [1.807, 2.05) is 30.3 Å². The van der Waals surface area contributed by atoms with Crippen molar-refractivity contribution in [3.8, 4) is 11.8 Å². The van der Waals surface area contributed by atoms with Gasteiger partial charge >= 0.3 is 5.97 Å². The first-order valence-corrected chi connectivity index (χ1v) is 8.33. The van der Waals surface area contributed by atoms with Gasteiger partial charge in [0.1, 0.15) is 6.07 Å². The van der Waals surface area contributed by atoms with Crippen molar-refractivity contribution in [2.75, 3.05) is 18.6 Å². The number of aromatic nitrogens is 1. The van der Waals surface area contributed by atoms with Gasteiger partial charge in [-0.25, -0.2) is 4.79 Å². The predicted octanol–water partition coefficient (Wildman–Crippen LogP) is 3.61. The summed E-state index contributed by atoms with van der Waals surface area (Å²) in [5.74, 6) is 0.517. The number of ether oxygens (including phenoxy) is 1. The first kappa shape index (κ1) is 17.0. The van der Waals surface area contributed by atoms with E-state index in [1.165, 1.54) is 24.8 Å². The summed E-state index contributed by atoms with van der Waals surface area (Å²) >= 11 is 1.80. The van der Waals surface area contributed by atoms with Gasteiger partial charge in [0.2, 0.25) is 0 Å². The highest BCUT2D eigenvalue weighted by atomic mass is 32.2. The van der Waals surface area contributed by atoms with Crippen LogP contribution in [0.25, 0.3) is 5.69 Å². The Balaban J connectivity index is 2.34. The van der Waals surface area contributed by atoms with E-state index in [1.54, 1.807) is 22.5 Å². The molecule has 0 saturated heterocycles. The number of hydrogen-bond donors (Lipinski definition) is 1. The monoisotopic (exact) mass is 329 g/mol. The molecule has 0 radical (unpaired) electrons. The van der Waals surface area contributed by atoms with Crippen LogP contribution < -0.4 is 5.73 Å². The number of thioether (sulfide) groups is 1. The van der Waals surface area contributed by atoms with E-state index >= 15 is 0 Å². The van der Waals surface area contributed by atoms with E-state index in [9.17, 15) is 4.79 Å². The number of rotatable bonds is 6. The van der Waals surface area contributed by atoms with Crippen LogP contribution in [0.1, 0.15) is 35.8 Å². The van der Waals surface area contributed by atoms with Crippen molar-refractivity contribution in [2.24, 2.45) is 0 Å². The van der Waals surface area contributed by atoms with E-state index in [2.05, 4.69) is 6.92 Å². The van der Waals surface area contributed by atoms with Crippen LogP contribution in [0.2, 0.25) is 0 Å². The molecule has 120 valence electrons. The van der Waals surface area contributed by atoms with Gasteiger partial charge in [-0.3, -0.25) is 0 Å². The quantitative estimate of drug-likeness (QED) is 0.497. The minimum Gasteiger partial charge on any atom is -0.464 e. The van der Waals surface area contributed by atoms with Gasteiger partial charge in [-0.05, 0) is 36.4 Å². The SMILES string of the molecule is CCCCSc1ccc(-n2cc(C#N)c(N)c2C(=O)OC)cc1. The largest absolute Gasteiger partial charge is 0.464 e. The van der Waals surface area contributed by atoms with Crippen molar-refractivity contribution in [1.82, 2.24) is 4.57 Å². The average molecular weight is 329 g/mol. The topological polar surface area (TPSA) is 81.0 Å². The third kappa shape index (κ3) is 3.69. The molecular formula is C17H19N3O2S. The fourth-order valence-electron chi connectivity index (χ4n) is 2.16. The molecule has 23 heavy (non-hydrogen) atoms. The van der Waals surface area contributed by atoms with E-state index in [-0.39, 0.29) is 16.9 Å². The molecule has 1 aromatic heterocycles. The Labute approximate surface area is 140 Å². The van der Waals surface area contributed by atoms with E-state index < -0.39 is 5.97 Å². The fraction of sp³-hybridized carbons (Fsp3) is 0.294. The molecule has 0 aliphatic rings. The van der Waals surface area contributed by atoms with Gasteiger partial charge in [0.25, 0.3) is 0 Å². The van der Waals surface area contributed by atoms with E-state index in [0.29, 0.717) is 0 Å². The molecule has 0 bridgehead atoms. The lowest BCUT2D eigenvalue weighted by molar-refractivity contribution is 0.0593. The average Bonchev–Trinajstić information content (AvgIpc) is 2.91. The Morgan fingerprint density at radius 1 is 1.39 bits per heavy atom. The van der Waals surface area contributed by atoms with Crippen molar-refractivity contribution in [3.63, 3.8) is 0 Å². The number of anilines is 1. The number of carbonyl (C=O) groups excluding carboxylic acids is 1. The molecular weight excluding hydrogens is 310 g/mol. The van der Waals surface area contributed by atoms with Gasteiger partial charge in [-0.1, -0.05) is 13.3 Å². The van der Waals surface area contributed by atoms with Crippen molar-refractivity contribution < 1.29 is 9.53 Å². The van der Waals surface area contributed by atoms with Crippen LogP contribution in [0.15, 0.2) is 35.4 Å². The standard InChI is InChI=1S/C17H19N3O2S/c1-3-4-9-23-14-7-5-13(6-8-14)20-11-12(10-18)15(19)16(20)17(21)22-2/h5-8,11H,3-4,9,19H2,1-2H3. The van der Waals surface area contributed by atoms with E-state index in [0.717, 1.165) is 11.4 Å². The maximum absolute atomic E-state index is 12.0. The summed E-state index contributed by atoms with van der Waals surface area (Å²) in [6.07, 6.45) is 3.91. The van der Waals surface area contributed by atoms with Gasteiger partial charge < -0.3 is 15.0 Å². The van der Waals surface area contributed by atoms with Crippen molar-refractivity contribution in [1.29, 1.82) is 5.26 Å². The first-order chi connectivity index (χ1) is 11.1. The molecule has 0 aliphatic carbocycles. The Morgan fingerprint density at radius 3 is 2.65 bits per heavy atom. The summed E-state index contributed by atoms with van der Waals surface area (Å²) in [6.45, 7) is 2.17. The summed E-state index contributed by atoms with van der Waals surface area (Å²) in [7, 11) is 1.29. The lowest BCUT2D eigenvalue weighted by atomic mass is 10.2. The number of nitrogens with two attached hydrogens (primary N) is 1. The summed E-state index contributed by atoms with van der Waals surface area (Å²) in [5, 5.41) is 9.12. The van der Waals surface area contributed by atoms with Crippen molar-refractivity contribution >= 4 is 23.4 Å². The van der Waals surface area contributed by atoms with Gasteiger partial charge in [-0.2, -0.15) is 5.26 Å². The highest BCUT2D eigenvalue weighted by Gasteiger charge is 2.21. The second-order valence-electron chi connectivity index (χ2n) is 4.97. The number of nitrogen functional groups attached to an aromatic ring is 1. The zero-order valence-electron chi connectivity index (χ0n) is 13.2. The number of benzene rings is 1. The van der Waals surface area contributed by atoms with Gasteiger partial charge in [0, 0.05) is 16.8 Å². The Morgan fingerprint density at radius 2 is 2.09 bits per heavy atom. The lowest BCUT2D eigenvalue weighted by Crippen LogP contribution is -2.11. The lowest BCUT2D eigenvalue weighted by Gasteiger charge is -2.09. The highest BCUT2D eigenvalue weighted by molar-refractivity contribution is 7.99. The first-order valence-electron chi connectivity index (χ1n) is 7.34. The number of unbranched alkanes of at least 4 members (excludes halogenated alkanes) is 1. The van der Waals surface area contributed by atoms with Crippen LogP contribution >= 0.6 is 11.8 Å². The normalized spacial score (nSPS) is 10.3. The molecule has 6 heteroatoms. The molecule has 0 atom stereocenters. The number of nitrogens with zero attached hydrogens (tertiary/aromatic N) is 2. The number of esters is 1. The van der Waals surface area contributed by atoms with Crippen LogP contribution in [0, 0.1) is 11.3 Å². The Hall–Kier alpha value is -2.39. The van der Waals surface area contributed by atoms with Crippen molar-refractivity contribution in [2.45, 2.75) is 24.7 Å². The third-order valence-corrected chi connectivity index (χ3v) is 4.52. The summed E-state index contributed by atoms with van der Waals surface area (Å²) in [4.78, 5) is 13.1. The number of methoxy groups -OCH3 is 1. The summed E-state index contributed by atoms with van der Waals surface area (Å²) in [6, 6.07) is 9.80. The fourth-order valence-corrected chi connectivity index (χ4v) is 3.15. The van der Waals surface area contributed by atoms with Crippen LogP contribution in [0.3, 0.4) is 0 Å². The molecule has 1 heterocycles. The molecule has 0 amide bonds. The van der Waals surface area contributed by atoms with Gasteiger partial charge in [0.05, 0.1) is 18.4 Å². The Kier molecular flexibility index (Phi) is 5.72. The van der Waals surface area contributed by atoms with Crippen LogP contribution in [-0.4, -0.2) is 23.4 Å². The number of hydrogen-bond acceptors (Lipinski definition) is 5. The maximum atomic E-state index is 12.0. The molecule has 0 spiro atoms. The maximum Gasteiger partial charge on any atom is 0.357 e. The van der Waals surface area contributed by atoms with Crippen molar-refractivity contribution in [3.05, 3.63) is 41.7 Å². The van der Waals surface area contributed by atoms with E-state index in [4.69, 9.17) is 15.7 Å². The summed E-state index contributed by atoms with van der Waals surface area (Å²) in [5.41, 5.74) is 7.23. The van der Waals surface area contributed by atoms with Crippen LogP contribution in [0.4, 0.5) is 5.69 Å². The minimum absolute atomic E-state index is 0.140. The van der Waals surface area contributed by atoms with Gasteiger partial charge in [0.15, 0.2) is 5.69 Å². The molecule has 0 aliphatic heterocycles. The van der Waals surface area contributed by atoms with Crippen LogP contribution in [-0.2, 0) is 4.74 Å². The molecule has 5 nitrogen and oxygen atoms in total. The second kappa shape index (κ2) is 7.75.